The van der Waals surface area contributed by atoms with Crippen molar-refractivity contribution in [1.82, 2.24) is 4.90 Å². The van der Waals surface area contributed by atoms with Crippen molar-refractivity contribution in [2.45, 2.75) is 13.5 Å². The maximum absolute atomic E-state index is 11.4. The molecule has 0 aromatic heterocycles. The number of allylic oxidation sites excluding steroid dienone is 1. The highest BCUT2D eigenvalue weighted by Gasteiger charge is 2.07. The fourth-order valence-electron chi connectivity index (χ4n) is 1.25. The lowest BCUT2D eigenvalue weighted by Gasteiger charge is -2.15. The number of nitrogens with zero attached hydrogens (tertiary/aromatic N) is 1. The highest BCUT2D eigenvalue weighted by molar-refractivity contribution is 5.87. The molecule has 15 heavy (non-hydrogen) atoms. The number of phenols is 1. The molecule has 0 bridgehead atoms. The lowest BCUT2D eigenvalue weighted by Crippen LogP contribution is -2.24. The minimum atomic E-state index is -0.0687. The first-order valence-corrected chi connectivity index (χ1v) is 4.80. The van der Waals surface area contributed by atoms with Crippen molar-refractivity contribution in [2.24, 2.45) is 0 Å². The molecule has 0 saturated heterocycles. The number of para-hydroxylation sites is 1. The molecule has 3 heteroatoms. The van der Waals surface area contributed by atoms with Gasteiger partial charge in [0.15, 0.2) is 0 Å². The topological polar surface area (TPSA) is 40.5 Å². The monoisotopic (exact) mass is 205 g/mol. The summed E-state index contributed by atoms with van der Waals surface area (Å²) in [6, 6.07) is 7.01. The number of benzene rings is 1. The van der Waals surface area contributed by atoms with Gasteiger partial charge in [0.05, 0.1) is 0 Å². The van der Waals surface area contributed by atoms with E-state index in [-0.39, 0.29) is 11.7 Å². The Labute approximate surface area is 89.6 Å². The van der Waals surface area contributed by atoms with Crippen LogP contribution in [0, 0.1) is 0 Å². The Morgan fingerprint density at radius 1 is 1.47 bits per heavy atom. The Morgan fingerprint density at radius 2 is 2.13 bits per heavy atom. The molecule has 1 aromatic carbocycles. The Bertz CT molecular complexity index is 372. The third-order valence-corrected chi connectivity index (χ3v) is 2.08. The van der Waals surface area contributed by atoms with E-state index in [2.05, 4.69) is 0 Å². The number of amides is 1. The van der Waals surface area contributed by atoms with Crippen molar-refractivity contribution in [1.29, 1.82) is 0 Å². The van der Waals surface area contributed by atoms with Crippen LogP contribution in [0.2, 0.25) is 0 Å². The molecule has 0 aliphatic heterocycles. The number of carbonyl (C=O) groups is 1. The molecule has 1 N–H and O–H groups in total. The summed E-state index contributed by atoms with van der Waals surface area (Å²) >= 11 is 0. The minimum absolute atomic E-state index is 0.0687. The van der Waals surface area contributed by atoms with Gasteiger partial charge in [0, 0.05) is 19.2 Å². The first kappa shape index (κ1) is 11.3. The molecule has 0 aliphatic rings. The largest absolute Gasteiger partial charge is 0.508 e. The van der Waals surface area contributed by atoms with Crippen LogP contribution in [0.15, 0.2) is 36.4 Å². The summed E-state index contributed by atoms with van der Waals surface area (Å²) in [6.45, 7) is 2.21. The van der Waals surface area contributed by atoms with Gasteiger partial charge in [-0.3, -0.25) is 4.79 Å². The molecule has 0 heterocycles. The summed E-state index contributed by atoms with van der Waals surface area (Å²) in [6.07, 6.45) is 3.20. The van der Waals surface area contributed by atoms with E-state index < -0.39 is 0 Å². The van der Waals surface area contributed by atoms with Gasteiger partial charge in [0.2, 0.25) is 5.91 Å². The van der Waals surface area contributed by atoms with E-state index in [1.165, 1.54) is 6.08 Å². The molecule has 0 aliphatic carbocycles. The van der Waals surface area contributed by atoms with Crippen LogP contribution in [0.1, 0.15) is 12.5 Å². The maximum atomic E-state index is 11.4. The van der Waals surface area contributed by atoms with Crippen LogP contribution >= 0.6 is 0 Å². The van der Waals surface area contributed by atoms with Crippen LogP contribution in [-0.4, -0.2) is 23.0 Å². The molecule has 0 spiro atoms. The normalized spacial score (nSPS) is 10.5. The number of phenolic OH excluding ortho intramolecular Hbond substituents is 1. The molecule has 1 amide bonds. The second-order valence-corrected chi connectivity index (χ2v) is 3.32. The Kier molecular flexibility index (Phi) is 3.92. The van der Waals surface area contributed by atoms with Crippen molar-refractivity contribution >= 4 is 5.91 Å². The van der Waals surface area contributed by atoms with E-state index in [9.17, 15) is 9.90 Å². The summed E-state index contributed by atoms with van der Waals surface area (Å²) in [5.41, 5.74) is 0.748. The van der Waals surface area contributed by atoms with Gasteiger partial charge in [-0.2, -0.15) is 0 Å². The molecule has 0 radical (unpaired) electrons. The summed E-state index contributed by atoms with van der Waals surface area (Å²) in [7, 11) is 1.70. The molecular formula is C12H15NO2. The molecule has 1 rings (SSSR count). The number of hydrogen-bond donors (Lipinski definition) is 1. The van der Waals surface area contributed by atoms with Crippen molar-refractivity contribution in [3.63, 3.8) is 0 Å². The van der Waals surface area contributed by atoms with E-state index in [0.29, 0.717) is 6.54 Å². The second-order valence-electron chi connectivity index (χ2n) is 3.32. The summed E-state index contributed by atoms with van der Waals surface area (Å²) in [5, 5.41) is 9.52. The first-order chi connectivity index (χ1) is 7.15. The zero-order valence-corrected chi connectivity index (χ0v) is 8.97. The molecule has 0 unspecified atom stereocenters. The highest BCUT2D eigenvalue weighted by Crippen LogP contribution is 2.17. The van der Waals surface area contributed by atoms with Crippen LogP contribution in [0.4, 0.5) is 0 Å². The third kappa shape index (κ3) is 3.13. The summed E-state index contributed by atoms with van der Waals surface area (Å²) in [4.78, 5) is 13.0. The van der Waals surface area contributed by atoms with E-state index in [4.69, 9.17) is 0 Å². The van der Waals surface area contributed by atoms with Crippen molar-refractivity contribution < 1.29 is 9.90 Å². The summed E-state index contributed by atoms with van der Waals surface area (Å²) < 4.78 is 0. The van der Waals surface area contributed by atoms with Gasteiger partial charge in [-0.15, -0.1) is 0 Å². The van der Waals surface area contributed by atoms with E-state index in [0.717, 1.165) is 5.56 Å². The van der Waals surface area contributed by atoms with E-state index in [1.807, 2.05) is 6.07 Å². The standard InChI is InChI=1S/C12H15NO2/c1-3-6-12(15)13(2)9-10-7-4-5-8-11(10)14/h3-8,14H,9H2,1-2H3. The van der Waals surface area contributed by atoms with Crippen molar-refractivity contribution in [2.75, 3.05) is 7.05 Å². The Morgan fingerprint density at radius 3 is 2.73 bits per heavy atom. The van der Waals surface area contributed by atoms with Gasteiger partial charge < -0.3 is 10.0 Å². The maximum Gasteiger partial charge on any atom is 0.246 e. The van der Waals surface area contributed by atoms with Crippen LogP contribution in [0.3, 0.4) is 0 Å². The third-order valence-electron chi connectivity index (χ3n) is 2.08. The van der Waals surface area contributed by atoms with Crippen LogP contribution in [-0.2, 0) is 11.3 Å². The zero-order chi connectivity index (χ0) is 11.3. The second kappa shape index (κ2) is 5.20. The van der Waals surface area contributed by atoms with Gasteiger partial charge in [-0.25, -0.2) is 0 Å². The molecule has 3 nitrogen and oxygen atoms in total. The predicted octanol–water partition coefficient (Wildman–Crippen LogP) is 1.93. The zero-order valence-electron chi connectivity index (χ0n) is 8.97. The highest BCUT2D eigenvalue weighted by atomic mass is 16.3. The molecule has 0 fully saturated rings. The SMILES string of the molecule is CC=CC(=O)N(C)Cc1ccccc1O. The van der Waals surface area contributed by atoms with Gasteiger partial charge in [-0.05, 0) is 19.1 Å². The Balaban J connectivity index is 2.70. The lowest BCUT2D eigenvalue weighted by atomic mass is 10.2. The molecule has 80 valence electrons. The average Bonchev–Trinajstić information content (AvgIpc) is 2.21. The van der Waals surface area contributed by atoms with E-state index in [1.54, 1.807) is 43.1 Å². The number of carbonyl (C=O) groups excluding carboxylic acids is 1. The predicted molar refractivity (Wildman–Crippen MR) is 59.4 cm³/mol. The van der Waals surface area contributed by atoms with Gasteiger partial charge >= 0.3 is 0 Å². The lowest BCUT2D eigenvalue weighted by molar-refractivity contribution is -0.125. The number of likely N-dealkylation sites (N-methyl/N-ethyl adjacent to an activating group) is 1. The molecular weight excluding hydrogens is 190 g/mol. The fourth-order valence-corrected chi connectivity index (χ4v) is 1.25. The number of rotatable bonds is 3. The first-order valence-electron chi connectivity index (χ1n) is 4.80. The van der Waals surface area contributed by atoms with E-state index >= 15 is 0 Å². The van der Waals surface area contributed by atoms with Crippen LogP contribution < -0.4 is 0 Å². The summed E-state index contributed by atoms with van der Waals surface area (Å²) in [5.74, 6) is 0.151. The van der Waals surface area contributed by atoms with Crippen molar-refractivity contribution in [3.05, 3.63) is 42.0 Å². The fraction of sp³-hybridized carbons (Fsp3) is 0.250. The average molecular weight is 205 g/mol. The van der Waals surface area contributed by atoms with Crippen LogP contribution in [0.5, 0.6) is 5.75 Å². The molecule has 1 aromatic rings. The smallest absolute Gasteiger partial charge is 0.246 e. The number of hydrogen-bond acceptors (Lipinski definition) is 2. The molecule has 0 atom stereocenters. The van der Waals surface area contributed by atoms with Gasteiger partial charge in [0.25, 0.3) is 0 Å². The number of aromatic hydroxyl groups is 1. The van der Waals surface area contributed by atoms with Gasteiger partial charge in [-0.1, -0.05) is 24.3 Å². The van der Waals surface area contributed by atoms with Gasteiger partial charge in [0.1, 0.15) is 5.75 Å². The quantitative estimate of drug-likeness (QED) is 0.766. The molecule has 0 saturated carbocycles. The Hall–Kier alpha value is -1.77. The van der Waals surface area contributed by atoms with Crippen LogP contribution in [0.25, 0.3) is 0 Å². The minimum Gasteiger partial charge on any atom is -0.508 e. The van der Waals surface area contributed by atoms with Crippen molar-refractivity contribution in [3.8, 4) is 5.75 Å².